The van der Waals surface area contributed by atoms with E-state index >= 15 is 0 Å². The van der Waals surface area contributed by atoms with E-state index in [-0.39, 0.29) is 6.04 Å². The predicted octanol–water partition coefficient (Wildman–Crippen LogP) is 2.17. The molecule has 3 heteroatoms. The second-order valence-electron chi connectivity index (χ2n) is 4.44. The summed E-state index contributed by atoms with van der Waals surface area (Å²) >= 11 is 0. The summed E-state index contributed by atoms with van der Waals surface area (Å²) in [6.45, 7) is 1.02. The second kappa shape index (κ2) is 4.14. The summed E-state index contributed by atoms with van der Waals surface area (Å²) in [4.78, 5) is 6.81. The van der Waals surface area contributed by atoms with E-state index < -0.39 is 0 Å². The molecule has 86 valence electrons. The Morgan fingerprint density at radius 3 is 3.06 bits per heavy atom. The summed E-state index contributed by atoms with van der Waals surface area (Å²) in [5, 5.41) is 0. The highest BCUT2D eigenvalue weighted by Crippen LogP contribution is 2.26. The number of benzene rings is 1. The third-order valence-corrected chi connectivity index (χ3v) is 3.25. The molecular formula is C14H15N3. The van der Waals surface area contributed by atoms with E-state index in [0.717, 1.165) is 30.1 Å². The molecule has 2 heterocycles. The first-order valence-corrected chi connectivity index (χ1v) is 6.04. The van der Waals surface area contributed by atoms with Gasteiger partial charge in [-0.05, 0) is 24.8 Å². The molecule has 2 aliphatic heterocycles. The Hall–Kier alpha value is -1.95. The van der Waals surface area contributed by atoms with Crippen LogP contribution in [0.25, 0.3) is 0 Å². The monoisotopic (exact) mass is 225 g/mol. The van der Waals surface area contributed by atoms with Gasteiger partial charge in [-0.15, -0.1) is 0 Å². The third-order valence-electron chi connectivity index (χ3n) is 3.25. The number of fused-ring (bicyclic) bond motifs is 1. The maximum atomic E-state index is 5.97. The molecule has 0 radical (unpaired) electrons. The number of para-hydroxylation sites is 1. The van der Waals surface area contributed by atoms with Crippen LogP contribution < -0.4 is 5.73 Å². The van der Waals surface area contributed by atoms with Crippen LogP contribution in [0, 0.1) is 12.0 Å². The Balaban J connectivity index is 1.94. The van der Waals surface area contributed by atoms with Crippen molar-refractivity contribution in [1.82, 2.24) is 4.90 Å². The number of anilines is 1. The number of hydrogen-bond donors (Lipinski definition) is 1. The van der Waals surface area contributed by atoms with Crippen LogP contribution in [-0.4, -0.2) is 17.3 Å². The van der Waals surface area contributed by atoms with Gasteiger partial charge in [-0.2, -0.15) is 0 Å². The minimum absolute atomic E-state index is 0.0828. The maximum Gasteiger partial charge on any atom is 0.141 e. The summed E-state index contributed by atoms with van der Waals surface area (Å²) < 4.78 is 0. The Labute approximate surface area is 101 Å². The summed E-state index contributed by atoms with van der Waals surface area (Å²) in [6, 6.07) is 11.0. The van der Waals surface area contributed by atoms with Gasteiger partial charge in [0.05, 0.1) is 0 Å². The molecule has 1 aromatic rings. The van der Waals surface area contributed by atoms with Crippen LogP contribution in [0.3, 0.4) is 0 Å². The molecule has 1 aromatic carbocycles. The molecule has 1 atom stereocenters. The Morgan fingerprint density at radius 2 is 2.18 bits per heavy atom. The van der Waals surface area contributed by atoms with Crippen LogP contribution in [0.5, 0.6) is 0 Å². The van der Waals surface area contributed by atoms with Crippen molar-refractivity contribution >= 4 is 11.5 Å². The highest BCUT2D eigenvalue weighted by atomic mass is 15.2. The highest BCUT2D eigenvalue weighted by molar-refractivity contribution is 5.86. The first-order chi connectivity index (χ1) is 8.34. The van der Waals surface area contributed by atoms with Gasteiger partial charge in [0.2, 0.25) is 0 Å². The summed E-state index contributed by atoms with van der Waals surface area (Å²) in [6.07, 6.45) is 3.47. The number of nitrogens with two attached hydrogens (primary N) is 1. The minimum atomic E-state index is -0.0828. The largest absolute Gasteiger partial charge is 0.398 e. The van der Waals surface area contributed by atoms with Crippen molar-refractivity contribution in [2.75, 3.05) is 12.3 Å². The van der Waals surface area contributed by atoms with Gasteiger partial charge >= 0.3 is 0 Å². The molecule has 1 fully saturated rings. The number of piperidine rings is 1. The molecule has 2 aliphatic rings. The number of amidine groups is 1. The molecule has 3 rings (SSSR count). The van der Waals surface area contributed by atoms with Gasteiger partial charge in [0.25, 0.3) is 0 Å². The number of rotatable bonds is 1. The van der Waals surface area contributed by atoms with Crippen LogP contribution in [0.15, 0.2) is 29.3 Å². The van der Waals surface area contributed by atoms with Crippen molar-refractivity contribution in [3.63, 3.8) is 0 Å². The van der Waals surface area contributed by atoms with Crippen LogP contribution in [-0.2, 0) is 0 Å². The van der Waals surface area contributed by atoms with Gasteiger partial charge in [-0.25, -0.2) is 0 Å². The average Bonchev–Trinajstić information content (AvgIpc) is 2.39. The molecule has 0 aliphatic carbocycles. The lowest BCUT2D eigenvalue weighted by atomic mass is 10.0. The van der Waals surface area contributed by atoms with E-state index in [1.165, 1.54) is 12.8 Å². The van der Waals surface area contributed by atoms with Gasteiger partial charge in [-0.1, -0.05) is 18.2 Å². The molecule has 0 bridgehead atoms. The quantitative estimate of drug-likeness (QED) is 0.588. The molecule has 17 heavy (non-hydrogen) atoms. The zero-order valence-corrected chi connectivity index (χ0v) is 9.69. The molecule has 0 spiro atoms. The SMILES string of the molecule is Nc1ccccc1C1C#CN2CCCCC2=N1. The highest BCUT2D eigenvalue weighted by Gasteiger charge is 2.21. The lowest BCUT2D eigenvalue weighted by molar-refractivity contribution is 0.479. The van der Waals surface area contributed by atoms with Crippen molar-refractivity contribution in [2.24, 2.45) is 4.99 Å². The van der Waals surface area contributed by atoms with E-state index in [2.05, 4.69) is 16.9 Å². The molecular weight excluding hydrogens is 210 g/mol. The molecule has 0 aromatic heterocycles. The zero-order valence-electron chi connectivity index (χ0n) is 9.69. The average molecular weight is 225 g/mol. The van der Waals surface area contributed by atoms with Crippen LogP contribution >= 0.6 is 0 Å². The summed E-state index contributed by atoms with van der Waals surface area (Å²) in [5.74, 6) is 4.31. The molecule has 2 N–H and O–H groups in total. The van der Waals surface area contributed by atoms with Gasteiger partial charge in [0.1, 0.15) is 11.9 Å². The van der Waals surface area contributed by atoms with Crippen molar-refractivity contribution < 1.29 is 0 Å². The van der Waals surface area contributed by atoms with E-state index in [0.29, 0.717) is 0 Å². The fraction of sp³-hybridized carbons (Fsp3) is 0.357. The van der Waals surface area contributed by atoms with Gasteiger partial charge < -0.3 is 5.73 Å². The normalized spacial score (nSPS) is 22.2. The summed E-state index contributed by atoms with van der Waals surface area (Å²) in [7, 11) is 0. The van der Waals surface area contributed by atoms with Gasteiger partial charge in [0, 0.05) is 30.3 Å². The third kappa shape index (κ3) is 1.87. The van der Waals surface area contributed by atoms with Crippen molar-refractivity contribution in [3.05, 3.63) is 29.8 Å². The molecule has 0 amide bonds. The van der Waals surface area contributed by atoms with Crippen LogP contribution in [0.2, 0.25) is 0 Å². The number of nitrogens with zero attached hydrogens (tertiary/aromatic N) is 2. The maximum absolute atomic E-state index is 5.97. The lowest BCUT2D eigenvalue weighted by Gasteiger charge is -2.28. The minimum Gasteiger partial charge on any atom is -0.398 e. The van der Waals surface area contributed by atoms with Gasteiger partial charge in [-0.3, -0.25) is 9.89 Å². The van der Waals surface area contributed by atoms with Crippen molar-refractivity contribution in [1.29, 1.82) is 0 Å². The fourth-order valence-electron chi connectivity index (χ4n) is 2.30. The van der Waals surface area contributed by atoms with E-state index in [1.807, 2.05) is 24.3 Å². The topological polar surface area (TPSA) is 41.6 Å². The fourth-order valence-corrected chi connectivity index (χ4v) is 2.30. The standard InChI is InChI=1S/C14H15N3/c15-12-6-2-1-5-11(12)13-8-10-17-9-4-3-7-14(17)16-13/h1-2,5-6,13H,3-4,7,9,15H2. The van der Waals surface area contributed by atoms with E-state index in [4.69, 9.17) is 10.7 Å². The second-order valence-corrected chi connectivity index (χ2v) is 4.44. The Morgan fingerprint density at radius 1 is 1.29 bits per heavy atom. The Bertz CT molecular complexity index is 522. The van der Waals surface area contributed by atoms with Gasteiger partial charge in [0.15, 0.2) is 0 Å². The number of hydrogen-bond acceptors (Lipinski definition) is 3. The van der Waals surface area contributed by atoms with Crippen molar-refractivity contribution in [2.45, 2.75) is 25.3 Å². The summed E-state index contributed by atoms with van der Waals surface area (Å²) in [5.41, 5.74) is 7.77. The van der Waals surface area contributed by atoms with E-state index in [9.17, 15) is 0 Å². The lowest BCUT2D eigenvalue weighted by Crippen LogP contribution is -2.33. The number of aliphatic imine (C=N–C) groups is 1. The van der Waals surface area contributed by atoms with Crippen molar-refractivity contribution in [3.8, 4) is 12.0 Å². The Kier molecular flexibility index (Phi) is 2.49. The van der Waals surface area contributed by atoms with E-state index in [1.54, 1.807) is 0 Å². The molecule has 3 nitrogen and oxygen atoms in total. The predicted molar refractivity (Wildman–Crippen MR) is 69.4 cm³/mol. The molecule has 0 saturated carbocycles. The first-order valence-electron chi connectivity index (χ1n) is 6.04. The molecule has 1 unspecified atom stereocenters. The number of nitrogen functional groups attached to an aromatic ring is 1. The van der Waals surface area contributed by atoms with Crippen LogP contribution in [0.1, 0.15) is 30.9 Å². The smallest absolute Gasteiger partial charge is 0.141 e. The molecule has 1 saturated heterocycles. The van der Waals surface area contributed by atoms with Crippen LogP contribution in [0.4, 0.5) is 5.69 Å². The first kappa shape index (κ1) is 10.2. The zero-order chi connectivity index (χ0) is 11.7.